The van der Waals surface area contributed by atoms with E-state index in [-0.39, 0.29) is 11.9 Å². The molecule has 0 amide bonds. The van der Waals surface area contributed by atoms with E-state index in [2.05, 4.69) is 19.9 Å². The molecular formula is C29H41FO2. The molecule has 4 aliphatic rings. The second-order valence-electron chi connectivity index (χ2n) is 12.0. The van der Waals surface area contributed by atoms with E-state index in [0.29, 0.717) is 16.4 Å². The summed E-state index contributed by atoms with van der Waals surface area (Å²) in [4.78, 5) is 0. The van der Waals surface area contributed by atoms with Crippen LogP contribution >= 0.6 is 0 Å². The van der Waals surface area contributed by atoms with Crippen molar-refractivity contribution < 1.29 is 14.6 Å². The van der Waals surface area contributed by atoms with Gasteiger partial charge in [0.1, 0.15) is 5.82 Å². The molecule has 0 aliphatic heterocycles. The van der Waals surface area contributed by atoms with Gasteiger partial charge in [0, 0.05) is 0 Å². The summed E-state index contributed by atoms with van der Waals surface area (Å²) < 4.78 is 13.5. The third-order valence-corrected chi connectivity index (χ3v) is 10.5. The van der Waals surface area contributed by atoms with Gasteiger partial charge in [-0.2, -0.15) is 0 Å². The van der Waals surface area contributed by atoms with Crippen molar-refractivity contribution in [2.45, 2.75) is 96.7 Å². The van der Waals surface area contributed by atoms with Crippen molar-refractivity contribution in [3.8, 4) is 0 Å². The van der Waals surface area contributed by atoms with E-state index in [0.717, 1.165) is 55.8 Å². The maximum atomic E-state index is 13.5. The Morgan fingerprint density at radius 1 is 1.09 bits per heavy atom. The molecule has 1 aromatic carbocycles. The summed E-state index contributed by atoms with van der Waals surface area (Å²) in [5, 5.41) is 20.8. The van der Waals surface area contributed by atoms with Crippen LogP contribution < -0.4 is 0 Å². The Bertz CT molecular complexity index is 864. The maximum Gasteiger partial charge on any atom is 0.123 e. The molecule has 0 radical (unpaired) electrons. The highest BCUT2D eigenvalue weighted by Crippen LogP contribution is 2.66. The first-order chi connectivity index (χ1) is 15.3. The predicted octanol–water partition coefficient (Wildman–Crippen LogP) is 6.97. The molecule has 6 unspecified atom stereocenters. The van der Waals surface area contributed by atoms with Crippen LogP contribution in [-0.4, -0.2) is 16.3 Å². The van der Waals surface area contributed by atoms with Crippen LogP contribution in [0.15, 0.2) is 35.9 Å². The van der Waals surface area contributed by atoms with Gasteiger partial charge < -0.3 is 10.2 Å². The zero-order valence-electron chi connectivity index (χ0n) is 19.9. The quantitative estimate of drug-likeness (QED) is 0.485. The molecule has 5 rings (SSSR count). The summed E-state index contributed by atoms with van der Waals surface area (Å²) in [5.74, 6) is 2.90. The smallest absolute Gasteiger partial charge is 0.123 e. The van der Waals surface area contributed by atoms with Crippen LogP contribution in [0.2, 0.25) is 0 Å². The third-order valence-electron chi connectivity index (χ3n) is 10.5. The number of fused-ring (bicyclic) bond motifs is 5. The van der Waals surface area contributed by atoms with Crippen molar-refractivity contribution >= 4 is 0 Å². The zero-order chi connectivity index (χ0) is 22.5. The molecule has 0 spiro atoms. The molecule has 2 N–H and O–H groups in total. The molecule has 8 atom stereocenters. The first-order valence-corrected chi connectivity index (χ1v) is 13.1. The monoisotopic (exact) mass is 440 g/mol. The second-order valence-corrected chi connectivity index (χ2v) is 12.0. The molecule has 1 aromatic rings. The standard InChI is InChI=1S/C29H41FO2/c1-28-16-14-26-24(11-9-21-18-23(31)13-15-29(21,26)2)25(28)12-10-20(28)6-4-8-27(32)19-5-3-7-22(30)17-19/h3,5,7,9,17,20,23-27,31-32H,4,6,8,10-16,18H2,1-2H3/t20?,23?,24?,25-,26-,27?,28?,29?/m0/s1. The number of hydrogen-bond acceptors (Lipinski definition) is 2. The SMILES string of the molecule is CC12CCC(O)CC1=CCC1[C@@H]2CCC2(C)C(CCCC(O)c3cccc(F)c3)CC[C@@H]12. The van der Waals surface area contributed by atoms with Crippen LogP contribution in [0.25, 0.3) is 0 Å². The molecule has 0 bridgehead atoms. The Morgan fingerprint density at radius 2 is 1.94 bits per heavy atom. The molecular weight excluding hydrogens is 399 g/mol. The first-order valence-electron chi connectivity index (χ1n) is 13.1. The average molecular weight is 441 g/mol. The van der Waals surface area contributed by atoms with Crippen LogP contribution in [0.3, 0.4) is 0 Å². The van der Waals surface area contributed by atoms with Gasteiger partial charge in [0.15, 0.2) is 0 Å². The maximum absolute atomic E-state index is 13.5. The van der Waals surface area contributed by atoms with Gasteiger partial charge in [-0.15, -0.1) is 0 Å². The molecule has 3 fully saturated rings. The number of allylic oxidation sites excluding steroid dienone is 1. The summed E-state index contributed by atoms with van der Waals surface area (Å²) in [6, 6.07) is 6.42. The molecule has 0 aromatic heterocycles. The van der Waals surface area contributed by atoms with Crippen molar-refractivity contribution in [1.29, 1.82) is 0 Å². The summed E-state index contributed by atoms with van der Waals surface area (Å²) in [5.41, 5.74) is 3.01. The van der Waals surface area contributed by atoms with E-state index < -0.39 is 6.10 Å². The summed E-state index contributed by atoms with van der Waals surface area (Å²) in [6.45, 7) is 5.07. The van der Waals surface area contributed by atoms with Gasteiger partial charge in [-0.1, -0.05) is 44.1 Å². The van der Waals surface area contributed by atoms with Crippen LogP contribution in [0.4, 0.5) is 4.39 Å². The second kappa shape index (κ2) is 8.55. The molecule has 3 heteroatoms. The number of rotatable bonds is 5. The minimum Gasteiger partial charge on any atom is -0.393 e. The first kappa shape index (κ1) is 22.6. The molecule has 4 aliphatic carbocycles. The van der Waals surface area contributed by atoms with E-state index in [1.807, 2.05) is 6.07 Å². The number of benzene rings is 1. The highest BCUT2D eigenvalue weighted by atomic mass is 19.1. The average Bonchev–Trinajstić information content (AvgIpc) is 3.10. The molecule has 3 saturated carbocycles. The topological polar surface area (TPSA) is 40.5 Å². The third kappa shape index (κ3) is 3.78. The van der Waals surface area contributed by atoms with Crippen molar-refractivity contribution in [3.63, 3.8) is 0 Å². The van der Waals surface area contributed by atoms with Gasteiger partial charge in [-0.25, -0.2) is 4.39 Å². The lowest BCUT2D eigenvalue weighted by molar-refractivity contribution is -0.0511. The van der Waals surface area contributed by atoms with Crippen LogP contribution in [0, 0.1) is 40.3 Å². The Labute approximate surface area is 193 Å². The predicted molar refractivity (Wildman–Crippen MR) is 126 cm³/mol. The molecule has 0 heterocycles. The van der Waals surface area contributed by atoms with Crippen molar-refractivity contribution in [1.82, 2.24) is 0 Å². The van der Waals surface area contributed by atoms with E-state index in [9.17, 15) is 14.6 Å². The minimum atomic E-state index is -0.560. The van der Waals surface area contributed by atoms with E-state index in [1.165, 1.54) is 50.7 Å². The summed E-state index contributed by atoms with van der Waals surface area (Å²) in [7, 11) is 0. The van der Waals surface area contributed by atoms with Gasteiger partial charge >= 0.3 is 0 Å². The summed E-state index contributed by atoms with van der Waals surface area (Å²) in [6.07, 6.45) is 14.4. The fourth-order valence-electron chi connectivity index (χ4n) is 8.66. The summed E-state index contributed by atoms with van der Waals surface area (Å²) >= 11 is 0. The van der Waals surface area contributed by atoms with E-state index in [4.69, 9.17) is 0 Å². The van der Waals surface area contributed by atoms with Crippen molar-refractivity contribution in [3.05, 3.63) is 47.3 Å². The highest BCUT2D eigenvalue weighted by molar-refractivity contribution is 5.25. The Morgan fingerprint density at radius 3 is 2.75 bits per heavy atom. The van der Waals surface area contributed by atoms with Crippen LogP contribution in [0.1, 0.15) is 96.1 Å². The van der Waals surface area contributed by atoms with E-state index >= 15 is 0 Å². The zero-order valence-corrected chi connectivity index (χ0v) is 19.9. The molecule has 176 valence electrons. The minimum absolute atomic E-state index is 0.127. The van der Waals surface area contributed by atoms with Crippen molar-refractivity contribution in [2.75, 3.05) is 0 Å². The van der Waals surface area contributed by atoms with Gasteiger partial charge in [-0.3, -0.25) is 0 Å². The van der Waals surface area contributed by atoms with Gasteiger partial charge in [0.25, 0.3) is 0 Å². The van der Waals surface area contributed by atoms with Crippen LogP contribution in [-0.2, 0) is 0 Å². The van der Waals surface area contributed by atoms with Gasteiger partial charge in [0.2, 0.25) is 0 Å². The fraction of sp³-hybridized carbons (Fsp3) is 0.724. The normalized spacial score (nSPS) is 41.9. The highest BCUT2D eigenvalue weighted by Gasteiger charge is 2.58. The Kier molecular flexibility index (Phi) is 6.03. The van der Waals surface area contributed by atoms with Gasteiger partial charge in [0.05, 0.1) is 12.2 Å². The van der Waals surface area contributed by atoms with Crippen LogP contribution in [0.5, 0.6) is 0 Å². The number of hydrogen-bond donors (Lipinski definition) is 2. The van der Waals surface area contributed by atoms with Gasteiger partial charge in [-0.05, 0) is 116 Å². The fourth-order valence-corrected chi connectivity index (χ4v) is 8.66. The lowest BCUT2D eigenvalue weighted by Gasteiger charge is -2.58. The Balaban J connectivity index is 1.23. The number of aliphatic hydroxyl groups is 2. The molecule has 32 heavy (non-hydrogen) atoms. The lowest BCUT2D eigenvalue weighted by atomic mass is 9.47. The van der Waals surface area contributed by atoms with Crippen molar-refractivity contribution in [2.24, 2.45) is 34.5 Å². The van der Waals surface area contributed by atoms with E-state index in [1.54, 1.807) is 11.6 Å². The Hall–Kier alpha value is -1.19. The lowest BCUT2D eigenvalue weighted by Crippen LogP contribution is -2.50. The molecule has 0 saturated heterocycles. The largest absolute Gasteiger partial charge is 0.393 e. The molecule has 2 nitrogen and oxygen atoms in total. The number of halogens is 1. The number of aliphatic hydroxyl groups excluding tert-OH is 2.